The van der Waals surface area contributed by atoms with E-state index in [1.54, 1.807) is 0 Å². The van der Waals surface area contributed by atoms with Crippen LogP contribution in [-0.4, -0.2) is 23.6 Å². The standard InChI is InChI=1S/C9H19N3O/c1-7(6-8-2-3-8)11-5-4-9(10)12-13/h7-8,11,13H,2-6H2,1H3,(H2,10,12). The van der Waals surface area contributed by atoms with Crippen LogP contribution in [0.2, 0.25) is 0 Å². The van der Waals surface area contributed by atoms with Gasteiger partial charge < -0.3 is 16.3 Å². The number of nitrogens with one attached hydrogen (secondary N) is 1. The molecule has 0 aromatic heterocycles. The summed E-state index contributed by atoms with van der Waals surface area (Å²) < 4.78 is 0. The van der Waals surface area contributed by atoms with Gasteiger partial charge in [0.2, 0.25) is 0 Å². The molecule has 0 aliphatic heterocycles. The van der Waals surface area contributed by atoms with E-state index in [0.29, 0.717) is 18.3 Å². The molecule has 1 unspecified atom stereocenters. The molecule has 1 fully saturated rings. The molecular formula is C9H19N3O. The van der Waals surface area contributed by atoms with Gasteiger partial charge in [-0.2, -0.15) is 0 Å². The van der Waals surface area contributed by atoms with Crippen molar-refractivity contribution in [2.24, 2.45) is 16.8 Å². The third-order valence-electron chi connectivity index (χ3n) is 2.39. The third kappa shape index (κ3) is 4.72. The topological polar surface area (TPSA) is 70.6 Å². The quantitative estimate of drug-likeness (QED) is 0.249. The summed E-state index contributed by atoms with van der Waals surface area (Å²) in [7, 11) is 0. The average Bonchev–Trinajstić information content (AvgIpc) is 2.88. The van der Waals surface area contributed by atoms with Crippen molar-refractivity contribution in [1.29, 1.82) is 0 Å². The van der Waals surface area contributed by atoms with E-state index in [-0.39, 0.29) is 0 Å². The highest BCUT2D eigenvalue weighted by atomic mass is 16.4. The van der Waals surface area contributed by atoms with E-state index < -0.39 is 0 Å². The largest absolute Gasteiger partial charge is 0.409 e. The summed E-state index contributed by atoms with van der Waals surface area (Å²) in [5.74, 6) is 1.25. The van der Waals surface area contributed by atoms with Crippen molar-refractivity contribution in [2.75, 3.05) is 6.54 Å². The maximum Gasteiger partial charge on any atom is 0.140 e. The van der Waals surface area contributed by atoms with Gasteiger partial charge in [0, 0.05) is 19.0 Å². The van der Waals surface area contributed by atoms with Gasteiger partial charge in [0.1, 0.15) is 5.84 Å². The fraction of sp³-hybridized carbons (Fsp3) is 0.889. The number of oxime groups is 1. The summed E-state index contributed by atoms with van der Waals surface area (Å²) in [4.78, 5) is 0. The normalized spacial score (nSPS) is 20.2. The molecule has 1 rings (SSSR count). The number of rotatable bonds is 6. The minimum Gasteiger partial charge on any atom is -0.409 e. The van der Waals surface area contributed by atoms with Gasteiger partial charge in [0.05, 0.1) is 0 Å². The van der Waals surface area contributed by atoms with Gasteiger partial charge in [0.15, 0.2) is 0 Å². The van der Waals surface area contributed by atoms with E-state index >= 15 is 0 Å². The van der Waals surface area contributed by atoms with Crippen LogP contribution in [0.3, 0.4) is 0 Å². The first-order chi connectivity index (χ1) is 6.22. The van der Waals surface area contributed by atoms with Crippen molar-refractivity contribution in [3.8, 4) is 0 Å². The number of hydrogen-bond acceptors (Lipinski definition) is 3. The molecule has 0 amide bonds. The molecule has 1 saturated carbocycles. The van der Waals surface area contributed by atoms with E-state index in [0.717, 1.165) is 12.5 Å². The Morgan fingerprint density at radius 2 is 2.38 bits per heavy atom. The number of amidine groups is 1. The van der Waals surface area contributed by atoms with Gasteiger partial charge in [0.25, 0.3) is 0 Å². The molecule has 4 N–H and O–H groups in total. The van der Waals surface area contributed by atoms with E-state index in [4.69, 9.17) is 10.9 Å². The minimum absolute atomic E-state index is 0.297. The average molecular weight is 185 g/mol. The molecule has 0 bridgehead atoms. The second kappa shape index (κ2) is 5.07. The molecule has 13 heavy (non-hydrogen) atoms. The summed E-state index contributed by atoms with van der Waals surface area (Å²) in [5, 5.41) is 14.6. The Balaban J connectivity index is 1.97. The molecule has 0 aromatic carbocycles. The maximum atomic E-state index is 8.29. The summed E-state index contributed by atoms with van der Waals surface area (Å²) in [6, 6.07) is 0.555. The zero-order valence-electron chi connectivity index (χ0n) is 8.16. The molecule has 0 saturated heterocycles. The Morgan fingerprint density at radius 1 is 1.69 bits per heavy atom. The Morgan fingerprint density at radius 3 is 2.92 bits per heavy atom. The van der Waals surface area contributed by atoms with Crippen molar-refractivity contribution >= 4 is 5.84 Å². The van der Waals surface area contributed by atoms with Crippen LogP contribution in [-0.2, 0) is 0 Å². The van der Waals surface area contributed by atoms with Crippen LogP contribution in [0, 0.1) is 5.92 Å². The number of hydrogen-bond donors (Lipinski definition) is 3. The summed E-state index contributed by atoms with van der Waals surface area (Å²) in [5.41, 5.74) is 5.33. The molecule has 1 aliphatic rings. The molecular weight excluding hydrogens is 166 g/mol. The Labute approximate surface area is 79.2 Å². The van der Waals surface area contributed by atoms with Crippen molar-refractivity contribution in [3.63, 3.8) is 0 Å². The predicted molar refractivity (Wildman–Crippen MR) is 52.8 cm³/mol. The Hall–Kier alpha value is -0.770. The van der Waals surface area contributed by atoms with Crippen LogP contribution in [0.1, 0.15) is 32.6 Å². The first-order valence-corrected chi connectivity index (χ1v) is 4.92. The molecule has 0 spiro atoms. The summed E-state index contributed by atoms with van der Waals surface area (Å²) in [6.45, 7) is 2.98. The van der Waals surface area contributed by atoms with Gasteiger partial charge in [-0.25, -0.2) is 0 Å². The van der Waals surface area contributed by atoms with Crippen molar-refractivity contribution in [3.05, 3.63) is 0 Å². The van der Waals surface area contributed by atoms with Crippen molar-refractivity contribution in [2.45, 2.75) is 38.6 Å². The van der Waals surface area contributed by atoms with Crippen LogP contribution in [0.5, 0.6) is 0 Å². The van der Waals surface area contributed by atoms with Crippen LogP contribution < -0.4 is 11.1 Å². The molecule has 4 nitrogen and oxygen atoms in total. The van der Waals surface area contributed by atoms with Gasteiger partial charge >= 0.3 is 0 Å². The molecule has 1 aliphatic carbocycles. The van der Waals surface area contributed by atoms with Crippen LogP contribution in [0.4, 0.5) is 0 Å². The Bertz CT molecular complexity index is 178. The lowest BCUT2D eigenvalue weighted by Crippen LogP contribution is -2.30. The third-order valence-corrected chi connectivity index (χ3v) is 2.39. The van der Waals surface area contributed by atoms with Crippen LogP contribution in [0.15, 0.2) is 5.16 Å². The lowest BCUT2D eigenvalue weighted by Gasteiger charge is -2.12. The highest BCUT2D eigenvalue weighted by Gasteiger charge is 2.23. The molecule has 0 heterocycles. The maximum absolute atomic E-state index is 8.29. The molecule has 1 atom stereocenters. The second-order valence-electron chi connectivity index (χ2n) is 3.88. The Kier molecular flexibility index (Phi) is 4.02. The van der Waals surface area contributed by atoms with Gasteiger partial charge in [-0.05, 0) is 19.3 Å². The van der Waals surface area contributed by atoms with E-state index in [9.17, 15) is 0 Å². The highest BCUT2D eigenvalue weighted by molar-refractivity contribution is 5.79. The molecule has 76 valence electrons. The van der Waals surface area contributed by atoms with Crippen LogP contribution in [0.25, 0.3) is 0 Å². The predicted octanol–water partition coefficient (Wildman–Crippen LogP) is 0.901. The monoisotopic (exact) mass is 185 g/mol. The zero-order valence-corrected chi connectivity index (χ0v) is 8.16. The first kappa shape index (κ1) is 10.3. The fourth-order valence-corrected chi connectivity index (χ4v) is 1.43. The lowest BCUT2D eigenvalue weighted by molar-refractivity contribution is 0.316. The summed E-state index contributed by atoms with van der Waals surface area (Å²) in [6.07, 6.45) is 4.67. The SMILES string of the molecule is CC(CC1CC1)NCCC(N)=NO. The van der Waals surface area contributed by atoms with Gasteiger partial charge in [-0.3, -0.25) is 0 Å². The van der Waals surface area contributed by atoms with E-state index in [2.05, 4.69) is 17.4 Å². The van der Waals surface area contributed by atoms with Crippen molar-refractivity contribution in [1.82, 2.24) is 5.32 Å². The minimum atomic E-state index is 0.297. The molecule has 0 aromatic rings. The number of nitrogens with two attached hydrogens (primary N) is 1. The van der Waals surface area contributed by atoms with Crippen LogP contribution >= 0.6 is 0 Å². The summed E-state index contributed by atoms with van der Waals surface area (Å²) >= 11 is 0. The molecule has 0 radical (unpaired) electrons. The fourth-order valence-electron chi connectivity index (χ4n) is 1.43. The van der Waals surface area contributed by atoms with E-state index in [1.165, 1.54) is 19.3 Å². The smallest absolute Gasteiger partial charge is 0.140 e. The second-order valence-corrected chi connectivity index (χ2v) is 3.88. The van der Waals surface area contributed by atoms with Gasteiger partial charge in [-0.15, -0.1) is 0 Å². The van der Waals surface area contributed by atoms with Gasteiger partial charge in [-0.1, -0.05) is 18.0 Å². The molecule has 4 heteroatoms. The van der Waals surface area contributed by atoms with Crippen molar-refractivity contribution < 1.29 is 5.21 Å². The zero-order chi connectivity index (χ0) is 9.68. The number of nitrogens with zero attached hydrogens (tertiary/aromatic N) is 1. The van der Waals surface area contributed by atoms with E-state index in [1.807, 2.05) is 0 Å². The highest BCUT2D eigenvalue weighted by Crippen LogP contribution is 2.33. The first-order valence-electron chi connectivity index (χ1n) is 4.92. The lowest BCUT2D eigenvalue weighted by atomic mass is 10.1.